The minimum Gasteiger partial charge on any atom is -0.461 e. The number of aromatic nitrogens is 3. The number of pyridine rings is 1. The average Bonchev–Trinajstić information content (AvgIpc) is 3.19. The van der Waals surface area contributed by atoms with E-state index in [2.05, 4.69) is 15.4 Å². The van der Waals surface area contributed by atoms with Gasteiger partial charge in [0.1, 0.15) is 5.00 Å². The highest BCUT2D eigenvalue weighted by Crippen LogP contribution is 2.31. The van der Waals surface area contributed by atoms with Crippen LogP contribution in [0.5, 0.6) is 0 Å². The number of esters is 1. The monoisotopic (exact) mass is 434 g/mol. The molecule has 0 saturated carbocycles. The Kier molecular flexibility index (Phi) is 5.59. The van der Waals surface area contributed by atoms with Crippen molar-refractivity contribution in [2.45, 2.75) is 13.8 Å². The molecule has 156 valence electrons. The summed E-state index contributed by atoms with van der Waals surface area (Å²) < 4.78 is 6.29. The number of amides is 1. The maximum Gasteiger partial charge on any atom is 0.359 e. The molecule has 0 bridgehead atoms. The Balaban J connectivity index is 1.89. The Morgan fingerprint density at radius 3 is 2.52 bits per heavy atom. The summed E-state index contributed by atoms with van der Waals surface area (Å²) in [7, 11) is 0. The fourth-order valence-electron chi connectivity index (χ4n) is 3.03. The summed E-state index contributed by atoms with van der Waals surface area (Å²) in [6.07, 6.45) is 3.02. The molecule has 1 N–H and O–H groups in total. The second-order valence-electron chi connectivity index (χ2n) is 6.67. The Morgan fingerprint density at radius 2 is 1.84 bits per heavy atom. The number of anilines is 1. The number of nitrogens with one attached hydrogen (secondary N) is 1. The van der Waals surface area contributed by atoms with Gasteiger partial charge in [0.2, 0.25) is 0 Å². The van der Waals surface area contributed by atoms with Gasteiger partial charge in [-0.2, -0.15) is 9.78 Å². The summed E-state index contributed by atoms with van der Waals surface area (Å²) in [4.78, 5) is 42.4. The van der Waals surface area contributed by atoms with Gasteiger partial charge in [-0.25, -0.2) is 4.79 Å². The van der Waals surface area contributed by atoms with Gasteiger partial charge in [0.15, 0.2) is 5.69 Å². The predicted molar refractivity (Wildman–Crippen MR) is 118 cm³/mol. The van der Waals surface area contributed by atoms with Crippen molar-refractivity contribution < 1.29 is 14.3 Å². The lowest BCUT2D eigenvalue weighted by molar-refractivity contribution is 0.0520. The first-order valence-electron chi connectivity index (χ1n) is 9.49. The zero-order valence-electron chi connectivity index (χ0n) is 16.8. The number of thiophene rings is 1. The first-order chi connectivity index (χ1) is 15.0. The van der Waals surface area contributed by atoms with Gasteiger partial charge in [-0.15, -0.1) is 11.3 Å². The number of carbonyl (C=O) groups is 2. The second-order valence-corrected chi connectivity index (χ2v) is 7.54. The van der Waals surface area contributed by atoms with Gasteiger partial charge in [0.05, 0.1) is 17.7 Å². The minimum absolute atomic E-state index is 0.0117. The lowest BCUT2D eigenvalue weighted by atomic mass is 10.2. The first-order valence-corrected chi connectivity index (χ1v) is 10.4. The summed E-state index contributed by atoms with van der Waals surface area (Å²) >= 11 is 1.15. The second kappa shape index (κ2) is 8.49. The minimum atomic E-state index is -0.641. The van der Waals surface area contributed by atoms with Crippen LogP contribution in [-0.4, -0.2) is 33.2 Å². The fourth-order valence-corrected chi connectivity index (χ4v) is 3.96. The van der Waals surface area contributed by atoms with E-state index in [-0.39, 0.29) is 23.6 Å². The van der Waals surface area contributed by atoms with Crippen molar-refractivity contribution in [1.29, 1.82) is 0 Å². The quantitative estimate of drug-likeness (QED) is 0.482. The fraction of sp³-hybridized carbons (Fsp3) is 0.136. The standard InChI is InChI=1S/C22H18N4O4S/c1-3-30-22(29)18-16-12-31-20(24-19(27)14-8-10-23-11-9-14)17(16)21(28)26(25-18)15-6-4-13(2)5-7-15/h4-12H,3H2,1-2H3,(H,24,27). The zero-order chi connectivity index (χ0) is 22.0. The summed E-state index contributed by atoms with van der Waals surface area (Å²) in [6, 6.07) is 10.3. The van der Waals surface area contributed by atoms with E-state index in [0.717, 1.165) is 21.6 Å². The van der Waals surface area contributed by atoms with Crippen molar-refractivity contribution in [2.75, 3.05) is 11.9 Å². The molecule has 0 saturated heterocycles. The molecule has 0 aliphatic carbocycles. The van der Waals surface area contributed by atoms with Crippen molar-refractivity contribution in [2.24, 2.45) is 0 Å². The molecular weight excluding hydrogens is 416 g/mol. The van der Waals surface area contributed by atoms with Gasteiger partial charge in [-0.3, -0.25) is 14.6 Å². The number of aryl methyl sites for hydroxylation is 1. The van der Waals surface area contributed by atoms with Gasteiger partial charge in [0.25, 0.3) is 11.5 Å². The molecule has 8 nitrogen and oxygen atoms in total. The molecule has 0 spiro atoms. The van der Waals surface area contributed by atoms with Crippen LogP contribution in [0.2, 0.25) is 0 Å². The van der Waals surface area contributed by atoms with Crippen LogP contribution in [0.1, 0.15) is 33.3 Å². The van der Waals surface area contributed by atoms with Gasteiger partial charge < -0.3 is 10.1 Å². The van der Waals surface area contributed by atoms with Crippen molar-refractivity contribution in [3.63, 3.8) is 0 Å². The van der Waals surface area contributed by atoms with Gasteiger partial charge in [0, 0.05) is 28.7 Å². The van der Waals surface area contributed by atoms with Gasteiger partial charge >= 0.3 is 5.97 Å². The third kappa shape index (κ3) is 3.95. The van der Waals surface area contributed by atoms with E-state index in [4.69, 9.17) is 4.74 Å². The molecule has 0 aliphatic rings. The summed E-state index contributed by atoms with van der Waals surface area (Å²) in [5.74, 6) is -1.03. The largest absolute Gasteiger partial charge is 0.461 e. The van der Waals surface area contributed by atoms with E-state index >= 15 is 0 Å². The van der Waals surface area contributed by atoms with Crippen molar-refractivity contribution in [3.05, 3.63) is 81.3 Å². The molecule has 3 heterocycles. The van der Waals surface area contributed by atoms with Crippen molar-refractivity contribution in [3.8, 4) is 5.69 Å². The number of carbonyl (C=O) groups excluding carboxylic acids is 2. The van der Waals surface area contributed by atoms with E-state index in [1.807, 2.05) is 19.1 Å². The van der Waals surface area contributed by atoms with Crippen LogP contribution in [0.4, 0.5) is 5.00 Å². The molecule has 31 heavy (non-hydrogen) atoms. The summed E-state index contributed by atoms with van der Waals surface area (Å²) in [6.45, 7) is 3.79. The third-order valence-corrected chi connectivity index (χ3v) is 5.46. The first kappa shape index (κ1) is 20.4. The number of nitrogens with zero attached hydrogens (tertiary/aromatic N) is 3. The predicted octanol–water partition coefficient (Wildman–Crippen LogP) is 3.58. The number of fused-ring (bicyclic) bond motifs is 1. The molecule has 1 amide bonds. The highest BCUT2D eigenvalue weighted by atomic mass is 32.1. The van der Waals surface area contributed by atoms with Crippen LogP contribution in [-0.2, 0) is 4.74 Å². The lowest BCUT2D eigenvalue weighted by Crippen LogP contribution is -2.25. The third-order valence-electron chi connectivity index (χ3n) is 4.57. The van der Waals surface area contributed by atoms with Gasteiger partial charge in [-0.05, 0) is 38.1 Å². The van der Waals surface area contributed by atoms with Crippen LogP contribution in [0.3, 0.4) is 0 Å². The molecule has 0 radical (unpaired) electrons. The van der Waals surface area contributed by atoms with Crippen molar-refractivity contribution in [1.82, 2.24) is 14.8 Å². The lowest BCUT2D eigenvalue weighted by Gasteiger charge is -2.10. The zero-order valence-corrected chi connectivity index (χ0v) is 17.6. The summed E-state index contributed by atoms with van der Waals surface area (Å²) in [5.41, 5.74) is 1.48. The number of hydrogen-bond acceptors (Lipinski definition) is 7. The smallest absolute Gasteiger partial charge is 0.359 e. The number of ether oxygens (including phenoxy) is 1. The highest BCUT2D eigenvalue weighted by Gasteiger charge is 2.23. The van der Waals surface area contributed by atoms with Crippen LogP contribution < -0.4 is 10.9 Å². The average molecular weight is 434 g/mol. The molecule has 0 atom stereocenters. The van der Waals surface area contributed by atoms with Gasteiger partial charge in [-0.1, -0.05) is 17.7 Å². The Bertz CT molecular complexity index is 1330. The van der Waals surface area contributed by atoms with E-state index in [1.54, 1.807) is 36.6 Å². The van der Waals surface area contributed by atoms with E-state index < -0.39 is 11.5 Å². The Labute approximate surface area is 181 Å². The molecule has 0 unspecified atom stereocenters. The van der Waals surface area contributed by atoms with Crippen LogP contribution >= 0.6 is 11.3 Å². The normalized spacial score (nSPS) is 10.8. The molecule has 4 rings (SSSR count). The Hall–Kier alpha value is -3.85. The SMILES string of the molecule is CCOC(=O)c1nn(-c2ccc(C)cc2)c(=O)c2c(NC(=O)c3ccncc3)scc12. The number of benzene rings is 1. The van der Waals surface area contributed by atoms with Crippen LogP contribution in [0.25, 0.3) is 16.5 Å². The topological polar surface area (TPSA) is 103 Å². The van der Waals surface area contributed by atoms with E-state index in [1.165, 1.54) is 12.4 Å². The number of hydrogen-bond donors (Lipinski definition) is 1. The van der Waals surface area contributed by atoms with E-state index in [9.17, 15) is 14.4 Å². The van der Waals surface area contributed by atoms with E-state index in [0.29, 0.717) is 21.6 Å². The molecule has 3 aromatic heterocycles. The Morgan fingerprint density at radius 1 is 1.13 bits per heavy atom. The molecule has 0 fully saturated rings. The maximum absolute atomic E-state index is 13.3. The van der Waals surface area contributed by atoms with Crippen LogP contribution in [0, 0.1) is 6.92 Å². The van der Waals surface area contributed by atoms with Crippen molar-refractivity contribution >= 4 is 39.0 Å². The molecular formula is C22H18N4O4S. The highest BCUT2D eigenvalue weighted by molar-refractivity contribution is 7.16. The maximum atomic E-state index is 13.3. The number of rotatable bonds is 5. The van der Waals surface area contributed by atoms with Crippen LogP contribution in [0.15, 0.2) is 59.0 Å². The molecule has 0 aliphatic heterocycles. The molecule has 4 aromatic rings. The molecule has 1 aromatic carbocycles. The summed E-state index contributed by atoms with van der Waals surface area (Å²) in [5, 5.41) is 9.54. The molecule has 9 heteroatoms.